The van der Waals surface area contributed by atoms with Gasteiger partial charge in [0.2, 0.25) is 0 Å². The summed E-state index contributed by atoms with van der Waals surface area (Å²) in [5, 5.41) is 3.34. The lowest BCUT2D eigenvalue weighted by atomic mass is 10.2. The van der Waals surface area contributed by atoms with E-state index < -0.39 is 0 Å². The van der Waals surface area contributed by atoms with Crippen LogP contribution in [0, 0.1) is 0 Å². The third-order valence-electron chi connectivity index (χ3n) is 4.75. The average Bonchev–Trinajstić information content (AvgIpc) is 3.18. The number of ether oxygens (including phenoxy) is 2. The fourth-order valence-electron chi connectivity index (χ4n) is 3.33. The van der Waals surface area contributed by atoms with Crippen molar-refractivity contribution in [3.63, 3.8) is 0 Å². The average molecular weight is 403 g/mol. The molecule has 7 nitrogen and oxygen atoms in total. The summed E-state index contributed by atoms with van der Waals surface area (Å²) in [6.45, 7) is 5.37. The van der Waals surface area contributed by atoms with E-state index in [-0.39, 0.29) is 6.04 Å². The van der Waals surface area contributed by atoms with E-state index >= 15 is 0 Å². The molecule has 4 aromatic rings. The minimum atomic E-state index is 0.191. The Morgan fingerprint density at radius 1 is 0.967 bits per heavy atom. The van der Waals surface area contributed by atoms with Gasteiger partial charge in [0.25, 0.3) is 0 Å². The maximum absolute atomic E-state index is 5.75. The number of para-hydroxylation sites is 1. The minimum absolute atomic E-state index is 0.191. The number of anilines is 1. The van der Waals surface area contributed by atoms with Crippen molar-refractivity contribution in [1.29, 1.82) is 0 Å². The second-order valence-corrected chi connectivity index (χ2v) is 7.11. The third-order valence-corrected chi connectivity index (χ3v) is 4.75. The van der Waals surface area contributed by atoms with Crippen molar-refractivity contribution in [3.05, 3.63) is 60.9 Å². The topological polar surface area (TPSA) is 74.1 Å². The lowest BCUT2D eigenvalue weighted by Crippen LogP contribution is -2.13. The molecule has 0 aliphatic carbocycles. The van der Waals surface area contributed by atoms with Gasteiger partial charge in [-0.15, -0.1) is 0 Å². The highest BCUT2D eigenvalue weighted by atomic mass is 16.5. The molecule has 30 heavy (non-hydrogen) atoms. The van der Waals surface area contributed by atoms with Crippen molar-refractivity contribution in [1.82, 2.24) is 19.5 Å². The number of fused-ring (bicyclic) bond motifs is 1. The summed E-state index contributed by atoms with van der Waals surface area (Å²) in [6.07, 6.45) is 1.57. The molecule has 7 heteroatoms. The third kappa shape index (κ3) is 4.05. The Morgan fingerprint density at radius 2 is 1.73 bits per heavy atom. The van der Waals surface area contributed by atoms with E-state index in [0.29, 0.717) is 19.0 Å². The molecule has 0 saturated carbocycles. The highest BCUT2D eigenvalue weighted by Crippen LogP contribution is 2.30. The first kappa shape index (κ1) is 19.7. The molecular formula is C23H25N5O2. The SMILES string of the molecule is COc1ccc(-c2nc3c(NCCOc4ccccc4)ncnc3n2C(C)C)cc1. The predicted molar refractivity (Wildman–Crippen MR) is 118 cm³/mol. The molecule has 2 aromatic heterocycles. The van der Waals surface area contributed by atoms with Crippen molar-refractivity contribution >= 4 is 17.0 Å². The van der Waals surface area contributed by atoms with Gasteiger partial charge in [-0.05, 0) is 50.2 Å². The molecule has 0 bridgehead atoms. The van der Waals surface area contributed by atoms with Crippen molar-refractivity contribution in [2.75, 3.05) is 25.6 Å². The maximum atomic E-state index is 5.75. The van der Waals surface area contributed by atoms with Crippen LogP contribution in [-0.4, -0.2) is 39.8 Å². The molecule has 1 N–H and O–H groups in total. The molecule has 0 atom stereocenters. The molecule has 0 fully saturated rings. The first-order chi connectivity index (χ1) is 14.7. The van der Waals surface area contributed by atoms with Gasteiger partial charge in [0, 0.05) is 11.6 Å². The van der Waals surface area contributed by atoms with Crippen LogP contribution in [0.4, 0.5) is 5.82 Å². The van der Waals surface area contributed by atoms with Gasteiger partial charge in [-0.3, -0.25) is 0 Å². The zero-order valence-electron chi connectivity index (χ0n) is 17.4. The summed E-state index contributed by atoms with van der Waals surface area (Å²) in [6, 6.07) is 17.8. The molecular weight excluding hydrogens is 378 g/mol. The van der Waals surface area contributed by atoms with Gasteiger partial charge >= 0.3 is 0 Å². The molecule has 0 aliphatic rings. The monoisotopic (exact) mass is 403 g/mol. The number of nitrogens with one attached hydrogen (secondary N) is 1. The lowest BCUT2D eigenvalue weighted by molar-refractivity contribution is 0.333. The summed E-state index contributed by atoms with van der Waals surface area (Å²) < 4.78 is 13.2. The Hall–Kier alpha value is -3.61. The van der Waals surface area contributed by atoms with Crippen LogP contribution in [0.5, 0.6) is 11.5 Å². The summed E-state index contributed by atoms with van der Waals surface area (Å²) in [5.41, 5.74) is 2.55. The Kier molecular flexibility index (Phi) is 5.79. The number of methoxy groups -OCH3 is 1. The van der Waals surface area contributed by atoms with Gasteiger partial charge in [-0.25, -0.2) is 15.0 Å². The largest absolute Gasteiger partial charge is 0.497 e. The smallest absolute Gasteiger partial charge is 0.166 e. The molecule has 154 valence electrons. The lowest BCUT2D eigenvalue weighted by Gasteiger charge is -2.12. The van der Waals surface area contributed by atoms with Crippen molar-refractivity contribution in [2.24, 2.45) is 0 Å². The quantitative estimate of drug-likeness (QED) is 0.434. The molecule has 0 spiro atoms. The van der Waals surface area contributed by atoms with Gasteiger partial charge in [0.15, 0.2) is 17.0 Å². The zero-order chi connectivity index (χ0) is 20.9. The maximum Gasteiger partial charge on any atom is 0.166 e. The van der Waals surface area contributed by atoms with Gasteiger partial charge in [-0.1, -0.05) is 18.2 Å². The van der Waals surface area contributed by atoms with Crippen LogP contribution in [-0.2, 0) is 0 Å². The molecule has 0 amide bonds. The fourth-order valence-corrected chi connectivity index (χ4v) is 3.33. The summed E-state index contributed by atoms with van der Waals surface area (Å²) in [7, 11) is 1.66. The van der Waals surface area contributed by atoms with Gasteiger partial charge < -0.3 is 19.4 Å². The standard InChI is InChI=1S/C23H25N5O2/c1-16(2)28-22(17-9-11-18(29-3)12-10-17)27-20-21(25-15-26-23(20)28)24-13-14-30-19-7-5-4-6-8-19/h4-12,15-16H,13-14H2,1-3H3,(H,24,25,26). The van der Waals surface area contributed by atoms with Crippen LogP contribution >= 0.6 is 0 Å². The zero-order valence-corrected chi connectivity index (χ0v) is 17.4. The molecule has 2 heterocycles. The van der Waals surface area contributed by atoms with E-state index in [1.54, 1.807) is 13.4 Å². The Balaban J connectivity index is 1.60. The summed E-state index contributed by atoms with van der Waals surface area (Å²) in [5.74, 6) is 3.21. The second-order valence-electron chi connectivity index (χ2n) is 7.11. The van der Waals surface area contributed by atoms with E-state index in [9.17, 15) is 0 Å². The number of imidazole rings is 1. The molecule has 0 radical (unpaired) electrons. The molecule has 0 unspecified atom stereocenters. The van der Waals surface area contributed by atoms with Crippen LogP contribution < -0.4 is 14.8 Å². The normalized spacial score (nSPS) is 11.1. The number of benzene rings is 2. The highest BCUT2D eigenvalue weighted by molar-refractivity contribution is 5.86. The molecule has 0 saturated heterocycles. The van der Waals surface area contributed by atoms with Crippen LogP contribution in [0.15, 0.2) is 60.9 Å². The van der Waals surface area contributed by atoms with Crippen LogP contribution in [0.25, 0.3) is 22.6 Å². The van der Waals surface area contributed by atoms with E-state index in [0.717, 1.165) is 34.1 Å². The van der Waals surface area contributed by atoms with Crippen LogP contribution in [0.2, 0.25) is 0 Å². The number of aromatic nitrogens is 4. The van der Waals surface area contributed by atoms with Crippen LogP contribution in [0.3, 0.4) is 0 Å². The summed E-state index contributed by atoms with van der Waals surface area (Å²) in [4.78, 5) is 13.8. The van der Waals surface area contributed by atoms with E-state index in [4.69, 9.17) is 14.5 Å². The van der Waals surface area contributed by atoms with E-state index in [1.165, 1.54) is 0 Å². The fraction of sp³-hybridized carbons (Fsp3) is 0.261. The highest BCUT2D eigenvalue weighted by Gasteiger charge is 2.19. The minimum Gasteiger partial charge on any atom is -0.497 e. The first-order valence-corrected chi connectivity index (χ1v) is 9.96. The molecule has 4 rings (SSSR count). The van der Waals surface area contributed by atoms with Gasteiger partial charge in [0.1, 0.15) is 30.3 Å². The predicted octanol–water partition coefficient (Wildman–Crippen LogP) is 4.57. The summed E-state index contributed by atoms with van der Waals surface area (Å²) >= 11 is 0. The van der Waals surface area contributed by atoms with Gasteiger partial charge in [0.05, 0.1) is 13.7 Å². The number of hydrogen-bond donors (Lipinski definition) is 1. The van der Waals surface area contributed by atoms with Crippen molar-refractivity contribution in [3.8, 4) is 22.9 Å². The van der Waals surface area contributed by atoms with E-state index in [2.05, 4.69) is 33.7 Å². The second kappa shape index (κ2) is 8.82. The van der Waals surface area contributed by atoms with Crippen molar-refractivity contribution < 1.29 is 9.47 Å². The van der Waals surface area contributed by atoms with Gasteiger partial charge in [-0.2, -0.15) is 0 Å². The molecule has 0 aliphatic heterocycles. The Morgan fingerprint density at radius 3 is 2.43 bits per heavy atom. The number of hydrogen-bond acceptors (Lipinski definition) is 6. The van der Waals surface area contributed by atoms with Crippen molar-refractivity contribution in [2.45, 2.75) is 19.9 Å². The number of rotatable bonds is 8. The van der Waals surface area contributed by atoms with Crippen LogP contribution in [0.1, 0.15) is 19.9 Å². The first-order valence-electron chi connectivity index (χ1n) is 9.96. The van der Waals surface area contributed by atoms with E-state index in [1.807, 2.05) is 54.6 Å². The number of nitrogens with zero attached hydrogens (tertiary/aromatic N) is 4. The Labute approximate surface area is 175 Å². The Bertz CT molecular complexity index is 1110. The molecule has 2 aromatic carbocycles.